The maximum absolute atomic E-state index is 12.4. The second-order valence-electron chi connectivity index (χ2n) is 4.73. The fourth-order valence-electron chi connectivity index (χ4n) is 2.14. The van der Waals surface area contributed by atoms with Crippen LogP contribution in [0.4, 0.5) is 5.69 Å². The number of rotatable bonds is 4. The number of H-pyrrole nitrogens is 1. The molecule has 3 aromatic rings. The summed E-state index contributed by atoms with van der Waals surface area (Å²) in [5, 5.41) is 10.4. The molecule has 0 unspecified atom stereocenters. The highest BCUT2D eigenvalue weighted by molar-refractivity contribution is 7.92. The first kappa shape index (κ1) is 14.7. The van der Waals surface area contributed by atoms with Crippen LogP contribution < -0.4 is 4.72 Å². The Morgan fingerprint density at radius 2 is 1.91 bits per heavy atom. The zero-order valence-electron chi connectivity index (χ0n) is 11.9. The maximum Gasteiger partial charge on any atom is 0.265 e. The molecule has 3 rings (SSSR count). The first-order chi connectivity index (χ1) is 10.5. The molecule has 0 bridgehead atoms. The number of nitrogens with one attached hydrogen (secondary N) is 2. The number of aryl methyl sites for hydroxylation is 2. The molecule has 9 heteroatoms. The molecule has 2 heterocycles. The van der Waals surface area contributed by atoms with Gasteiger partial charge in [0.25, 0.3) is 10.0 Å². The number of anilines is 1. The van der Waals surface area contributed by atoms with E-state index >= 15 is 0 Å². The molecule has 2 N–H and O–H groups in total. The smallest absolute Gasteiger partial charge is 0.265 e. The Morgan fingerprint density at radius 3 is 2.45 bits per heavy atom. The fourth-order valence-corrected chi connectivity index (χ4v) is 4.09. The van der Waals surface area contributed by atoms with E-state index in [-0.39, 0.29) is 4.90 Å². The fraction of sp³-hybridized carbons (Fsp3) is 0.154. The molecule has 1 aromatic carbocycles. The average Bonchev–Trinajstić information content (AvgIpc) is 3.09. The Kier molecular flexibility index (Phi) is 3.67. The summed E-state index contributed by atoms with van der Waals surface area (Å²) < 4.78 is 31.2. The summed E-state index contributed by atoms with van der Waals surface area (Å²) >= 11 is 1.28. The predicted molar refractivity (Wildman–Crippen MR) is 84.2 cm³/mol. The third-order valence-electron chi connectivity index (χ3n) is 3.11. The Labute approximate surface area is 131 Å². The lowest BCUT2D eigenvalue weighted by Gasteiger charge is -2.08. The highest BCUT2D eigenvalue weighted by Gasteiger charge is 2.22. The van der Waals surface area contributed by atoms with Crippen LogP contribution in [0.2, 0.25) is 0 Å². The van der Waals surface area contributed by atoms with E-state index in [0.717, 1.165) is 10.4 Å². The van der Waals surface area contributed by atoms with Gasteiger partial charge in [0.05, 0.1) is 22.5 Å². The van der Waals surface area contributed by atoms with Gasteiger partial charge in [-0.1, -0.05) is 16.6 Å². The van der Waals surface area contributed by atoms with Gasteiger partial charge < -0.3 is 0 Å². The largest absolute Gasteiger partial charge is 0.281 e. The van der Waals surface area contributed by atoms with Gasteiger partial charge in [-0.15, -0.1) is 5.10 Å². The summed E-state index contributed by atoms with van der Waals surface area (Å²) in [7, 11) is -3.66. The molecule has 2 aromatic heterocycles. The van der Waals surface area contributed by atoms with Crippen molar-refractivity contribution in [2.45, 2.75) is 18.7 Å². The molecule has 0 radical (unpaired) electrons. The second kappa shape index (κ2) is 5.50. The molecule has 0 saturated carbocycles. The van der Waals surface area contributed by atoms with Gasteiger partial charge >= 0.3 is 0 Å². The number of aromatic nitrogens is 4. The molecular weight excluding hydrogens is 322 g/mol. The van der Waals surface area contributed by atoms with Crippen LogP contribution in [0.15, 0.2) is 35.4 Å². The van der Waals surface area contributed by atoms with Gasteiger partial charge in [0.15, 0.2) is 0 Å². The first-order valence-corrected chi connectivity index (χ1v) is 8.65. The molecule has 0 saturated heterocycles. The standard InChI is InChI=1S/C13H13N5O2S2/c1-8-13(9(2)16-15-8)22(19,20)17-11-5-3-10(4-6-11)12-7-14-18-21-12/h3-7,17H,1-2H3,(H,15,16). The van der Waals surface area contributed by atoms with Gasteiger partial charge in [0, 0.05) is 5.69 Å². The van der Waals surface area contributed by atoms with Crippen LogP contribution in [-0.2, 0) is 10.0 Å². The van der Waals surface area contributed by atoms with Gasteiger partial charge in [-0.05, 0) is 43.1 Å². The monoisotopic (exact) mass is 335 g/mol. The molecule has 0 aliphatic carbocycles. The molecule has 22 heavy (non-hydrogen) atoms. The highest BCUT2D eigenvalue weighted by atomic mass is 32.2. The van der Waals surface area contributed by atoms with Crippen LogP contribution in [0.25, 0.3) is 10.4 Å². The van der Waals surface area contributed by atoms with Crippen molar-refractivity contribution in [2.24, 2.45) is 0 Å². The quantitative estimate of drug-likeness (QED) is 0.762. The first-order valence-electron chi connectivity index (χ1n) is 6.39. The normalized spacial score (nSPS) is 11.5. The van der Waals surface area contributed by atoms with E-state index in [1.807, 2.05) is 12.1 Å². The third-order valence-corrected chi connectivity index (χ3v) is 5.47. The van der Waals surface area contributed by atoms with Crippen molar-refractivity contribution < 1.29 is 8.42 Å². The lowest BCUT2D eigenvalue weighted by Crippen LogP contribution is -2.14. The summed E-state index contributed by atoms with van der Waals surface area (Å²) in [6, 6.07) is 7.05. The number of nitrogens with zero attached hydrogens (tertiary/aromatic N) is 3. The highest BCUT2D eigenvalue weighted by Crippen LogP contribution is 2.25. The number of benzene rings is 1. The summed E-state index contributed by atoms with van der Waals surface area (Å²) in [6.07, 6.45) is 1.67. The number of hydrogen-bond donors (Lipinski definition) is 2. The van der Waals surface area contributed by atoms with E-state index in [9.17, 15) is 8.42 Å². The van der Waals surface area contributed by atoms with Gasteiger partial charge in [-0.25, -0.2) is 8.42 Å². The van der Waals surface area contributed by atoms with Crippen molar-refractivity contribution in [3.63, 3.8) is 0 Å². The number of aromatic amines is 1. The topological polar surface area (TPSA) is 101 Å². The average molecular weight is 335 g/mol. The minimum absolute atomic E-state index is 0.184. The maximum atomic E-state index is 12.4. The van der Waals surface area contributed by atoms with Crippen molar-refractivity contribution in [1.29, 1.82) is 0 Å². The van der Waals surface area contributed by atoms with Gasteiger partial charge in [-0.2, -0.15) is 5.10 Å². The number of sulfonamides is 1. The van der Waals surface area contributed by atoms with E-state index in [1.54, 1.807) is 32.2 Å². The predicted octanol–water partition coefficient (Wildman–Crippen LogP) is 2.35. The molecular formula is C13H13N5O2S2. The summed E-state index contributed by atoms with van der Waals surface area (Å²) in [5.41, 5.74) is 2.38. The van der Waals surface area contributed by atoms with Crippen LogP contribution in [-0.4, -0.2) is 28.2 Å². The molecule has 0 aliphatic rings. The van der Waals surface area contributed by atoms with Crippen molar-refractivity contribution in [3.05, 3.63) is 41.9 Å². The third kappa shape index (κ3) is 2.72. The Bertz CT molecular complexity index is 864. The zero-order valence-corrected chi connectivity index (χ0v) is 13.5. The second-order valence-corrected chi connectivity index (χ2v) is 7.13. The van der Waals surface area contributed by atoms with Crippen LogP contribution in [0, 0.1) is 13.8 Å². The van der Waals surface area contributed by atoms with Crippen LogP contribution >= 0.6 is 11.5 Å². The van der Waals surface area contributed by atoms with Crippen LogP contribution in [0.3, 0.4) is 0 Å². The van der Waals surface area contributed by atoms with Gasteiger partial charge in [0.1, 0.15) is 4.90 Å². The number of hydrogen-bond acceptors (Lipinski definition) is 6. The lowest BCUT2D eigenvalue weighted by molar-refractivity contribution is 0.600. The Balaban J connectivity index is 1.87. The molecule has 0 aliphatic heterocycles. The van der Waals surface area contributed by atoms with Crippen molar-refractivity contribution in [1.82, 2.24) is 19.8 Å². The van der Waals surface area contributed by atoms with Crippen LogP contribution in [0.1, 0.15) is 11.4 Å². The zero-order chi connectivity index (χ0) is 15.7. The molecule has 7 nitrogen and oxygen atoms in total. The summed E-state index contributed by atoms with van der Waals surface area (Å²) in [4.78, 5) is 1.11. The van der Waals surface area contributed by atoms with E-state index in [4.69, 9.17) is 0 Å². The minimum Gasteiger partial charge on any atom is -0.281 e. The Morgan fingerprint density at radius 1 is 1.18 bits per heavy atom. The van der Waals surface area contributed by atoms with E-state index < -0.39 is 10.0 Å². The summed E-state index contributed by atoms with van der Waals surface area (Å²) in [5.74, 6) is 0. The van der Waals surface area contributed by atoms with E-state index in [1.165, 1.54) is 11.5 Å². The molecule has 114 valence electrons. The molecule has 0 fully saturated rings. The van der Waals surface area contributed by atoms with Gasteiger partial charge in [0.2, 0.25) is 0 Å². The SMILES string of the molecule is Cc1n[nH]c(C)c1S(=O)(=O)Nc1ccc(-c2cnns2)cc1. The Hall–Kier alpha value is -2.26. The van der Waals surface area contributed by atoms with Crippen molar-refractivity contribution in [3.8, 4) is 10.4 Å². The van der Waals surface area contributed by atoms with Crippen molar-refractivity contribution >= 4 is 27.2 Å². The van der Waals surface area contributed by atoms with Crippen LogP contribution in [0.5, 0.6) is 0 Å². The van der Waals surface area contributed by atoms with Crippen molar-refractivity contribution in [2.75, 3.05) is 4.72 Å². The van der Waals surface area contributed by atoms with E-state index in [0.29, 0.717) is 17.1 Å². The summed E-state index contributed by atoms with van der Waals surface area (Å²) in [6.45, 7) is 3.33. The lowest BCUT2D eigenvalue weighted by atomic mass is 10.2. The molecule has 0 amide bonds. The minimum atomic E-state index is -3.66. The van der Waals surface area contributed by atoms with E-state index in [2.05, 4.69) is 24.5 Å². The molecule has 0 spiro atoms. The molecule has 0 atom stereocenters. The van der Waals surface area contributed by atoms with Gasteiger partial charge in [-0.3, -0.25) is 9.82 Å².